The number of nitrogens with one attached hydrogen (secondary N) is 2. The number of anilines is 3. The van der Waals surface area contributed by atoms with E-state index in [-0.39, 0.29) is 5.91 Å². The lowest BCUT2D eigenvalue weighted by atomic mass is 10.0. The van der Waals surface area contributed by atoms with Crippen LogP contribution in [0.25, 0.3) is 5.57 Å². The van der Waals surface area contributed by atoms with Crippen molar-refractivity contribution in [2.45, 2.75) is 6.92 Å². The number of ether oxygens (including phenoxy) is 1. The Morgan fingerprint density at radius 2 is 1.91 bits per heavy atom. The summed E-state index contributed by atoms with van der Waals surface area (Å²) >= 11 is 0. The van der Waals surface area contributed by atoms with Crippen molar-refractivity contribution in [3.8, 4) is 5.75 Å². The third-order valence-electron chi connectivity index (χ3n) is 3.59. The third-order valence-corrected chi connectivity index (χ3v) is 3.59. The maximum absolute atomic E-state index is 12.2. The van der Waals surface area contributed by atoms with Crippen LogP contribution < -0.4 is 21.1 Å². The van der Waals surface area contributed by atoms with E-state index in [1.807, 2.05) is 43.3 Å². The van der Waals surface area contributed by atoms with Crippen LogP contribution in [0.1, 0.15) is 12.5 Å². The van der Waals surface area contributed by atoms with Gasteiger partial charge in [0, 0.05) is 28.3 Å². The van der Waals surface area contributed by atoms with Crippen LogP contribution in [0.4, 0.5) is 17.1 Å². The molecule has 3 rings (SSSR count). The summed E-state index contributed by atoms with van der Waals surface area (Å²) in [4.78, 5) is 12.2. The van der Waals surface area contributed by atoms with Crippen molar-refractivity contribution in [3.63, 3.8) is 0 Å². The summed E-state index contributed by atoms with van der Waals surface area (Å²) in [5.41, 5.74) is 10.3. The predicted octanol–water partition coefficient (Wildman–Crippen LogP) is 3.07. The summed E-state index contributed by atoms with van der Waals surface area (Å²) in [6.45, 7) is 1.87. The van der Waals surface area contributed by atoms with Gasteiger partial charge in [-0.05, 0) is 49.4 Å². The summed E-state index contributed by atoms with van der Waals surface area (Å²) in [5.74, 6) is 0.659. The molecule has 5 heteroatoms. The van der Waals surface area contributed by atoms with Crippen molar-refractivity contribution in [1.82, 2.24) is 0 Å². The monoisotopic (exact) mass is 295 g/mol. The van der Waals surface area contributed by atoms with Gasteiger partial charge in [0.25, 0.3) is 5.91 Å². The number of carbonyl (C=O) groups excluding carboxylic acids is 1. The van der Waals surface area contributed by atoms with Crippen molar-refractivity contribution in [1.29, 1.82) is 0 Å². The third kappa shape index (κ3) is 2.48. The first-order valence-electron chi connectivity index (χ1n) is 6.91. The molecule has 0 bridgehead atoms. The van der Waals surface area contributed by atoms with Gasteiger partial charge >= 0.3 is 0 Å². The van der Waals surface area contributed by atoms with E-state index in [9.17, 15) is 4.79 Å². The van der Waals surface area contributed by atoms with Gasteiger partial charge in [0.15, 0.2) is 0 Å². The normalized spacial score (nSPS) is 15.1. The van der Waals surface area contributed by atoms with Crippen LogP contribution >= 0.6 is 0 Å². The van der Waals surface area contributed by atoms with E-state index >= 15 is 0 Å². The predicted molar refractivity (Wildman–Crippen MR) is 88.7 cm³/mol. The number of carbonyl (C=O) groups is 1. The number of hydrogen-bond acceptors (Lipinski definition) is 4. The van der Waals surface area contributed by atoms with E-state index in [1.54, 1.807) is 13.2 Å². The molecular formula is C17H17N3O2. The number of hydrogen-bond donors (Lipinski definition) is 3. The van der Waals surface area contributed by atoms with Gasteiger partial charge in [0.05, 0.1) is 12.7 Å². The Morgan fingerprint density at radius 1 is 1.18 bits per heavy atom. The molecule has 2 aromatic rings. The van der Waals surface area contributed by atoms with Gasteiger partial charge in [-0.3, -0.25) is 4.79 Å². The molecule has 112 valence electrons. The molecule has 0 spiro atoms. The lowest BCUT2D eigenvalue weighted by molar-refractivity contribution is -0.110. The summed E-state index contributed by atoms with van der Waals surface area (Å²) < 4.78 is 5.13. The molecule has 0 saturated heterocycles. The van der Waals surface area contributed by atoms with E-state index in [1.165, 1.54) is 0 Å². The molecule has 1 amide bonds. The average molecular weight is 295 g/mol. The number of amides is 1. The molecule has 4 N–H and O–H groups in total. The molecule has 0 fully saturated rings. The Morgan fingerprint density at radius 3 is 2.59 bits per heavy atom. The number of allylic oxidation sites excluding steroid dienone is 1. The highest BCUT2D eigenvalue weighted by Crippen LogP contribution is 2.35. The Bertz CT molecular complexity index is 764. The quantitative estimate of drug-likeness (QED) is 0.601. The maximum atomic E-state index is 12.2. The topological polar surface area (TPSA) is 76.4 Å². The van der Waals surface area contributed by atoms with Crippen molar-refractivity contribution >= 4 is 28.5 Å². The number of nitrogens with two attached hydrogens (primary N) is 1. The smallest absolute Gasteiger partial charge is 0.258 e. The zero-order chi connectivity index (χ0) is 15.7. The highest BCUT2D eigenvalue weighted by atomic mass is 16.5. The van der Waals surface area contributed by atoms with E-state index in [2.05, 4.69) is 10.6 Å². The molecule has 1 heterocycles. The fourth-order valence-electron chi connectivity index (χ4n) is 2.51. The molecule has 0 atom stereocenters. The minimum atomic E-state index is -0.126. The highest BCUT2D eigenvalue weighted by Gasteiger charge is 2.26. The standard InChI is InChI=1S/C17H17N3O2/c1-10(19-12-4-6-13(22-2)7-5-12)16-14-9-11(18)3-8-15(14)20-17(16)21/h3-9,19H,18H2,1-2H3,(H,20,21). The minimum Gasteiger partial charge on any atom is -0.497 e. The number of rotatable bonds is 3. The molecule has 1 aliphatic heterocycles. The second-order valence-electron chi connectivity index (χ2n) is 5.11. The van der Waals surface area contributed by atoms with Crippen molar-refractivity contribution < 1.29 is 9.53 Å². The molecule has 0 unspecified atom stereocenters. The Hall–Kier alpha value is -2.95. The summed E-state index contributed by atoms with van der Waals surface area (Å²) in [7, 11) is 1.62. The second kappa shape index (κ2) is 5.44. The van der Waals surface area contributed by atoms with Crippen LogP contribution in [0.15, 0.2) is 48.2 Å². The molecule has 0 aliphatic carbocycles. The number of nitrogen functional groups attached to an aromatic ring is 1. The molecule has 0 aromatic heterocycles. The van der Waals surface area contributed by atoms with Gasteiger partial charge in [-0.25, -0.2) is 0 Å². The van der Waals surface area contributed by atoms with Gasteiger partial charge in [-0.1, -0.05) is 0 Å². The van der Waals surface area contributed by atoms with E-state index in [0.717, 1.165) is 28.4 Å². The highest BCUT2D eigenvalue weighted by molar-refractivity contribution is 6.32. The number of benzene rings is 2. The van der Waals surface area contributed by atoms with Crippen LogP contribution in [0.5, 0.6) is 5.75 Å². The van der Waals surface area contributed by atoms with Crippen LogP contribution in [-0.2, 0) is 4.79 Å². The lowest BCUT2D eigenvalue weighted by Gasteiger charge is -2.10. The fraction of sp³-hybridized carbons (Fsp3) is 0.118. The van der Waals surface area contributed by atoms with Crippen LogP contribution in [0, 0.1) is 0 Å². The Balaban J connectivity index is 1.95. The molecule has 0 radical (unpaired) electrons. The number of methoxy groups -OCH3 is 1. The van der Waals surface area contributed by atoms with Crippen LogP contribution in [-0.4, -0.2) is 13.0 Å². The van der Waals surface area contributed by atoms with Crippen molar-refractivity contribution in [2.24, 2.45) is 0 Å². The van der Waals surface area contributed by atoms with Crippen LogP contribution in [0.3, 0.4) is 0 Å². The Labute approximate surface area is 128 Å². The molecule has 5 nitrogen and oxygen atoms in total. The zero-order valence-corrected chi connectivity index (χ0v) is 12.4. The zero-order valence-electron chi connectivity index (χ0n) is 12.4. The van der Waals surface area contributed by atoms with Gasteiger partial charge < -0.3 is 21.1 Å². The van der Waals surface area contributed by atoms with E-state index < -0.39 is 0 Å². The SMILES string of the molecule is COc1ccc(NC(C)=C2C(=O)Nc3ccc(N)cc32)cc1. The van der Waals surface area contributed by atoms with Gasteiger partial charge in [-0.15, -0.1) is 0 Å². The van der Waals surface area contributed by atoms with Crippen molar-refractivity contribution in [3.05, 3.63) is 53.7 Å². The lowest BCUT2D eigenvalue weighted by Crippen LogP contribution is -2.08. The maximum Gasteiger partial charge on any atom is 0.258 e. The van der Waals surface area contributed by atoms with Gasteiger partial charge in [0.2, 0.25) is 0 Å². The molecular weight excluding hydrogens is 278 g/mol. The molecule has 0 saturated carbocycles. The first-order valence-corrected chi connectivity index (χ1v) is 6.91. The van der Waals surface area contributed by atoms with Crippen molar-refractivity contribution in [2.75, 3.05) is 23.5 Å². The summed E-state index contributed by atoms with van der Waals surface area (Å²) in [5, 5.41) is 6.10. The average Bonchev–Trinajstić information content (AvgIpc) is 2.83. The summed E-state index contributed by atoms with van der Waals surface area (Å²) in [6, 6.07) is 12.9. The first kappa shape index (κ1) is 14.0. The second-order valence-corrected chi connectivity index (χ2v) is 5.11. The number of fused-ring (bicyclic) bond motifs is 1. The minimum absolute atomic E-state index is 0.126. The van der Waals surface area contributed by atoms with Gasteiger partial charge in [0.1, 0.15) is 5.75 Å². The van der Waals surface area contributed by atoms with Gasteiger partial charge in [-0.2, -0.15) is 0 Å². The molecule has 2 aromatic carbocycles. The van der Waals surface area contributed by atoms with E-state index in [4.69, 9.17) is 10.5 Å². The first-order chi connectivity index (χ1) is 10.6. The molecule has 1 aliphatic rings. The molecule has 22 heavy (non-hydrogen) atoms. The largest absolute Gasteiger partial charge is 0.497 e. The van der Waals surface area contributed by atoms with Crippen LogP contribution in [0.2, 0.25) is 0 Å². The Kier molecular flexibility index (Phi) is 3.47. The fourth-order valence-corrected chi connectivity index (χ4v) is 2.51. The van der Waals surface area contributed by atoms with E-state index in [0.29, 0.717) is 11.3 Å². The summed E-state index contributed by atoms with van der Waals surface area (Å²) in [6.07, 6.45) is 0.